The molecule has 0 amide bonds. The highest BCUT2D eigenvalue weighted by Crippen LogP contribution is 2.48. The van der Waals surface area contributed by atoms with Gasteiger partial charge in [-0.25, -0.2) is 0 Å². The van der Waals surface area contributed by atoms with Gasteiger partial charge in [0.25, 0.3) is 0 Å². The van der Waals surface area contributed by atoms with E-state index in [4.69, 9.17) is 9.15 Å². The van der Waals surface area contributed by atoms with Crippen LogP contribution in [0.5, 0.6) is 5.75 Å². The Bertz CT molecular complexity index is 411. The van der Waals surface area contributed by atoms with Crippen LogP contribution in [0.3, 0.4) is 0 Å². The number of hydrogen-bond acceptors (Lipinski definition) is 3. The zero-order chi connectivity index (χ0) is 9.38. The van der Waals surface area contributed by atoms with Crippen molar-refractivity contribution in [2.45, 2.75) is 10.3 Å². The number of fused-ring (bicyclic) bond motifs is 1. The van der Waals surface area contributed by atoms with Crippen LogP contribution >= 0.6 is 11.8 Å². The van der Waals surface area contributed by atoms with Crippen LogP contribution in [0.2, 0.25) is 0 Å². The lowest BCUT2D eigenvalue weighted by molar-refractivity contribution is 0.266. The van der Waals surface area contributed by atoms with Crippen LogP contribution in [0.4, 0.5) is 0 Å². The topological polar surface area (TPSA) is 22.4 Å². The van der Waals surface area contributed by atoms with Gasteiger partial charge in [0.05, 0.1) is 11.2 Å². The number of ether oxygens (including phenoxy) is 1. The fraction of sp³-hybridized carbons (Fsp3) is 0.0909. The third kappa shape index (κ3) is 1.21. The third-order valence-corrected chi connectivity index (χ3v) is 3.23. The Morgan fingerprint density at radius 3 is 2.79 bits per heavy atom. The fourth-order valence-electron chi connectivity index (χ4n) is 1.44. The molecule has 0 aliphatic carbocycles. The number of thioether (sulfide) groups is 1. The molecular weight excluding hydrogens is 196 g/mol. The number of hydrogen-bond donors (Lipinski definition) is 0. The lowest BCUT2D eigenvalue weighted by atomic mass is 10.3. The highest BCUT2D eigenvalue weighted by molar-refractivity contribution is 7.99. The molecule has 1 aliphatic rings. The maximum absolute atomic E-state index is 5.72. The van der Waals surface area contributed by atoms with E-state index in [1.54, 1.807) is 18.0 Å². The van der Waals surface area contributed by atoms with Crippen molar-refractivity contribution in [3.8, 4) is 5.75 Å². The molecular formula is C11H8O2S. The summed E-state index contributed by atoms with van der Waals surface area (Å²) >= 11 is 1.68. The second-order valence-electron chi connectivity index (χ2n) is 3.03. The molecule has 2 heterocycles. The van der Waals surface area contributed by atoms with Gasteiger partial charge < -0.3 is 9.15 Å². The Hall–Kier alpha value is -1.35. The Morgan fingerprint density at radius 1 is 1.07 bits per heavy atom. The number of rotatable bonds is 1. The van der Waals surface area contributed by atoms with Crippen molar-refractivity contribution in [1.29, 1.82) is 0 Å². The third-order valence-electron chi connectivity index (χ3n) is 2.09. The molecule has 0 radical (unpaired) electrons. The van der Waals surface area contributed by atoms with Crippen LogP contribution in [0.25, 0.3) is 0 Å². The van der Waals surface area contributed by atoms with E-state index >= 15 is 0 Å². The minimum absolute atomic E-state index is 0.0256. The first-order chi connectivity index (χ1) is 6.93. The second kappa shape index (κ2) is 3.10. The summed E-state index contributed by atoms with van der Waals surface area (Å²) in [6.07, 6.45) is 1.67. The molecule has 0 spiro atoms. The standard InChI is InChI=1S/C11H8O2S/c1-2-6-10-8(4-1)13-11(14-10)9-5-3-7-12-9/h1-7,11H. The quantitative estimate of drug-likeness (QED) is 0.710. The predicted octanol–water partition coefficient (Wildman–Crippen LogP) is 3.46. The lowest BCUT2D eigenvalue weighted by Crippen LogP contribution is -1.95. The minimum atomic E-state index is -0.0256. The lowest BCUT2D eigenvalue weighted by Gasteiger charge is -2.04. The summed E-state index contributed by atoms with van der Waals surface area (Å²) in [7, 11) is 0. The largest absolute Gasteiger partial charge is 0.470 e. The molecule has 0 N–H and O–H groups in total. The van der Waals surface area contributed by atoms with Gasteiger partial charge in [0.15, 0.2) is 5.76 Å². The van der Waals surface area contributed by atoms with E-state index in [2.05, 4.69) is 6.07 Å². The maximum atomic E-state index is 5.72. The van der Waals surface area contributed by atoms with Crippen LogP contribution in [0.1, 0.15) is 11.2 Å². The first kappa shape index (κ1) is 8.00. The second-order valence-corrected chi connectivity index (χ2v) is 4.13. The summed E-state index contributed by atoms with van der Waals surface area (Å²) in [4.78, 5) is 1.17. The first-order valence-electron chi connectivity index (χ1n) is 4.39. The summed E-state index contributed by atoms with van der Waals surface area (Å²) in [6, 6.07) is 11.8. The summed E-state index contributed by atoms with van der Waals surface area (Å²) in [5, 5.41) is 0. The van der Waals surface area contributed by atoms with Crippen LogP contribution in [-0.4, -0.2) is 0 Å². The van der Waals surface area contributed by atoms with Crippen molar-refractivity contribution in [3.63, 3.8) is 0 Å². The molecule has 0 saturated carbocycles. The molecule has 3 rings (SSSR count). The molecule has 3 heteroatoms. The summed E-state index contributed by atoms with van der Waals surface area (Å²) < 4.78 is 11.0. The molecule has 1 unspecified atom stereocenters. The zero-order valence-corrected chi connectivity index (χ0v) is 8.16. The van der Waals surface area contributed by atoms with Gasteiger partial charge in [0, 0.05) is 0 Å². The van der Waals surface area contributed by atoms with Gasteiger partial charge in [0.2, 0.25) is 5.44 Å². The zero-order valence-electron chi connectivity index (χ0n) is 7.34. The molecule has 1 atom stereocenters. The molecule has 0 fully saturated rings. The number of furan rings is 1. The van der Waals surface area contributed by atoms with Gasteiger partial charge in [-0.3, -0.25) is 0 Å². The summed E-state index contributed by atoms with van der Waals surface area (Å²) in [6.45, 7) is 0. The molecule has 14 heavy (non-hydrogen) atoms. The number of benzene rings is 1. The van der Waals surface area contributed by atoms with E-state index in [0.29, 0.717) is 0 Å². The SMILES string of the molecule is c1coc(C2Oc3ccccc3S2)c1. The molecule has 1 aromatic carbocycles. The Balaban J connectivity index is 1.92. The maximum Gasteiger partial charge on any atom is 0.206 e. The molecule has 70 valence electrons. The van der Waals surface area contributed by atoms with Gasteiger partial charge >= 0.3 is 0 Å². The van der Waals surface area contributed by atoms with Crippen LogP contribution in [0, 0.1) is 0 Å². The van der Waals surface area contributed by atoms with Crippen molar-refractivity contribution >= 4 is 11.8 Å². The Labute approximate surface area is 85.9 Å². The highest BCUT2D eigenvalue weighted by Gasteiger charge is 2.26. The molecule has 0 saturated heterocycles. The van der Waals surface area contributed by atoms with Gasteiger partial charge in [-0.1, -0.05) is 23.9 Å². The van der Waals surface area contributed by atoms with Gasteiger partial charge in [-0.2, -0.15) is 0 Å². The van der Waals surface area contributed by atoms with E-state index in [0.717, 1.165) is 11.5 Å². The van der Waals surface area contributed by atoms with E-state index in [1.165, 1.54) is 4.90 Å². The molecule has 1 aromatic heterocycles. The molecule has 0 bridgehead atoms. The Kier molecular flexibility index (Phi) is 1.77. The van der Waals surface area contributed by atoms with Gasteiger partial charge in [0.1, 0.15) is 5.75 Å². The molecule has 1 aliphatic heterocycles. The predicted molar refractivity (Wildman–Crippen MR) is 54.4 cm³/mol. The van der Waals surface area contributed by atoms with Crippen molar-refractivity contribution in [2.75, 3.05) is 0 Å². The van der Waals surface area contributed by atoms with Crippen LogP contribution in [-0.2, 0) is 0 Å². The fourth-order valence-corrected chi connectivity index (χ4v) is 2.46. The Morgan fingerprint density at radius 2 is 2.00 bits per heavy atom. The molecule has 2 aromatic rings. The van der Waals surface area contributed by atoms with Crippen molar-refractivity contribution < 1.29 is 9.15 Å². The van der Waals surface area contributed by atoms with E-state index < -0.39 is 0 Å². The first-order valence-corrected chi connectivity index (χ1v) is 5.27. The van der Waals surface area contributed by atoms with E-state index in [-0.39, 0.29) is 5.44 Å². The van der Waals surface area contributed by atoms with Crippen molar-refractivity contribution in [1.82, 2.24) is 0 Å². The average Bonchev–Trinajstić information content (AvgIpc) is 2.86. The minimum Gasteiger partial charge on any atom is -0.470 e. The monoisotopic (exact) mass is 204 g/mol. The highest BCUT2D eigenvalue weighted by atomic mass is 32.2. The summed E-state index contributed by atoms with van der Waals surface area (Å²) in [5.74, 6) is 1.81. The van der Waals surface area contributed by atoms with Gasteiger partial charge in [-0.15, -0.1) is 0 Å². The van der Waals surface area contributed by atoms with Crippen molar-refractivity contribution in [3.05, 3.63) is 48.4 Å². The van der Waals surface area contributed by atoms with Crippen LogP contribution < -0.4 is 4.74 Å². The van der Waals surface area contributed by atoms with E-state index in [1.807, 2.05) is 30.3 Å². The van der Waals surface area contributed by atoms with Crippen LogP contribution in [0.15, 0.2) is 52.0 Å². The summed E-state index contributed by atoms with van der Waals surface area (Å²) in [5.41, 5.74) is -0.0256. The van der Waals surface area contributed by atoms with Crippen molar-refractivity contribution in [2.24, 2.45) is 0 Å². The van der Waals surface area contributed by atoms with E-state index in [9.17, 15) is 0 Å². The normalized spacial score (nSPS) is 19.0. The number of para-hydroxylation sites is 1. The van der Waals surface area contributed by atoms with Gasteiger partial charge in [-0.05, 0) is 24.3 Å². The smallest absolute Gasteiger partial charge is 0.206 e. The molecule has 2 nitrogen and oxygen atoms in total. The average molecular weight is 204 g/mol.